The molecule has 2 atom stereocenters. The number of ether oxygens (including phenoxy) is 1. The summed E-state index contributed by atoms with van der Waals surface area (Å²) >= 11 is 5.99. The third-order valence-electron chi connectivity index (χ3n) is 4.12. The average molecular weight is 300 g/mol. The number of halogens is 1. The van der Waals surface area contributed by atoms with Gasteiger partial charge < -0.3 is 10.5 Å². The first-order chi connectivity index (χ1) is 9.47. The van der Waals surface area contributed by atoms with Crippen molar-refractivity contribution in [2.75, 3.05) is 6.61 Å². The Morgan fingerprint density at radius 2 is 2.45 bits per heavy atom. The molecule has 1 saturated carbocycles. The Balaban J connectivity index is 1.99. The van der Waals surface area contributed by atoms with Crippen molar-refractivity contribution in [3.63, 3.8) is 0 Å². The number of nitrogens with zero attached hydrogens (tertiary/aromatic N) is 2. The Morgan fingerprint density at radius 1 is 1.70 bits per heavy atom. The highest BCUT2D eigenvalue weighted by Gasteiger charge is 2.46. The lowest BCUT2D eigenvalue weighted by atomic mass is 9.85. The highest BCUT2D eigenvalue weighted by atomic mass is 35.5. The van der Waals surface area contributed by atoms with Gasteiger partial charge in [0.1, 0.15) is 5.54 Å². The topological polar surface area (TPSA) is 70.1 Å². The van der Waals surface area contributed by atoms with Gasteiger partial charge in [-0.05, 0) is 39.0 Å². The Bertz CT molecular complexity index is 469. The molecule has 1 heterocycles. The van der Waals surface area contributed by atoms with Crippen molar-refractivity contribution in [2.24, 2.45) is 11.7 Å². The first-order valence-electron chi connectivity index (χ1n) is 7.13. The molecule has 0 amide bonds. The van der Waals surface area contributed by atoms with Crippen LogP contribution < -0.4 is 5.73 Å². The summed E-state index contributed by atoms with van der Waals surface area (Å²) in [6.45, 7) is 4.77. The van der Waals surface area contributed by atoms with Crippen molar-refractivity contribution in [2.45, 2.75) is 51.6 Å². The van der Waals surface area contributed by atoms with Crippen LogP contribution in [0.4, 0.5) is 0 Å². The number of hydrogen-bond acceptors (Lipinski definition) is 4. The molecule has 0 bridgehead atoms. The van der Waals surface area contributed by atoms with Gasteiger partial charge in [-0.2, -0.15) is 5.10 Å². The van der Waals surface area contributed by atoms with Crippen molar-refractivity contribution in [1.82, 2.24) is 9.78 Å². The molecule has 5 nitrogen and oxygen atoms in total. The molecule has 1 aliphatic carbocycles. The van der Waals surface area contributed by atoms with Gasteiger partial charge in [0.25, 0.3) is 0 Å². The molecule has 1 aliphatic rings. The third-order valence-corrected chi connectivity index (χ3v) is 4.49. The van der Waals surface area contributed by atoms with E-state index in [9.17, 15) is 4.79 Å². The van der Waals surface area contributed by atoms with Gasteiger partial charge in [-0.15, -0.1) is 0 Å². The quantitative estimate of drug-likeness (QED) is 0.847. The van der Waals surface area contributed by atoms with Crippen molar-refractivity contribution in [1.29, 1.82) is 0 Å². The molecule has 0 saturated heterocycles. The van der Waals surface area contributed by atoms with Gasteiger partial charge in [0.05, 0.1) is 17.3 Å². The molecule has 2 unspecified atom stereocenters. The first-order valence-corrected chi connectivity index (χ1v) is 7.51. The Labute approximate surface area is 124 Å². The molecule has 0 aliphatic heterocycles. The van der Waals surface area contributed by atoms with Crippen LogP contribution in [0, 0.1) is 12.8 Å². The monoisotopic (exact) mass is 299 g/mol. The van der Waals surface area contributed by atoms with Gasteiger partial charge >= 0.3 is 5.97 Å². The predicted molar refractivity (Wildman–Crippen MR) is 77.5 cm³/mol. The van der Waals surface area contributed by atoms with Crippen LogP contribution in [0.15, 0.2) is 6.20 Å². The van der Waals surface area contributed by atoms with Gasteiger partial charge in [-0.3, -0.25) is 9.48 Å². The Hall–Kier alpha value is -1.07. The van der Waals surface area contributed by atoms with E-state index in [0.29, 0.717) is 18.1 Å². The molecule has 1 fully saturated rings. The summed E-state index contributed by atoms with van der Waals surface area (Å²) in [5, 5.41) is 5.00. The lowest BCUT2D eigenvalue weighted by molar-refractivity contribution is -0.151. The maximum atomic E-state index is 12.1. The number of hydrogen-bond donors (Lipinski definition) is 1. The van der Waals surface area contributed by atoms with E-state index in [2.05, 4.69) is 5.10 Å². The lowest BCUT2D eigenvalue weighted by Gasteiger charge is -2.28. The van der Waals surface area contributed by atoms with Gasteiger partial charge in [0.2, 0.25) is 0 Å². The zero-order chi connectivity index (χ0) is 14.8. The first kappa shape index (κ1) is 15.3. The van der Waals surface area contributed by atoms with Crippen LogP contribution in [0.5, 0.6) is 0 Å². The normalized spacial score (nSPS) is 25.9. The molecule has 2 N–H and O–H groups in total. The molecule has 2 rings (SSSR count). The second-order valence-corrected chi connectivity index (χ2v) is 5.87. The van der Waals surface area contributed by atoms with Crippen LogP contribution in [0.1, 0.15) is 38.3 Å². The predicted octanol–water partition coefficient (Wildman–Crippen LogP) is 2.30. The van der Waals surface area contributed by atoms with Crippen molar-refractivity contribution in [3.05, 3.63) is 16.9 Å². The fourth-order valence-electron chi connectivity index (χ4n) is 2.93. The number of carbonyl (C=O) groups is 1. The molecule has 0 aromatic carbocycles. The fraction of sp³-hybridized carbons (Fsp3) is 0.714. The minimum Gasteiger partial charge on any atom is -0.465 e. The maximum absolute atomic E-state index is 12.1. The van der Waals surface area contributed by atoms with Crippen LogP contribution in [0.2, 0.25) is 5.02 Å². The Morgan fingerprint density at radius 3 is 3.05 bits per heavy atom. The molecule has 0 spiro atoms. The molecular weight excluding hydrogens is 278 g/mol. The molecular formula is C14H22ClN3O2. The minimum absolute atomic E-state index is 0.143. The average Bonchev–Trinajstić information content (AvgIpc) is 2.92. The van der Waals surface area contributed by atoms with E-state index in [1.807, 2.05) is 17.8 Å². The Kier molecular flexibility index (Phi) is 4.70. The van der Waals surface area contributed by atoms with Gasteiger partial charge in [0, 0.05) is 12.7 Å². The van der Waals surface area contributed by atoms with Crippen LogP contribution in [0.25, 0.3) is 0 Å². The molecule has 6 heteroatoms. The summed E-state index contributed by atoms with van der Waals surface area (Å²) in [6, 6.07) is 0. The molecule has 0 radical (unpaired) electrons. The SMILES string of the molecule is CCOC(=O)C1(N)CCCC1CCn1cc(Cl)c(C)n1. The molecule has 1 aromatic heterocycles. The maximum Gasteiger partial charge on any atom is 0.326 e. The molecule has 1 aromatic rings. The zero-order valence-corrected chi connectivity index (χ0v) is 12.8. The van der Waals surface area contributed by atoms with Crippen LogP contribution in [0.3, 0.4) is 0 Å². The zero-order valence-electron chi connectivity index (χ0n) is 12.1. The van der Waals surface area contributed by atoms with Gasteiger partial charge in [-0.25, -0.2) is 0 Å². The van der Waals surface area contributed by atoms with Crippen molar-refractivity contribution in [3.8, 4) is 0 Å². The summed E-state index contributed by atoms with van der Waals surface area (Å²) in [4.78, 5) is 12.1. The largest absolute Gasteiger partial charge is 0.465 e. The second-order valence-electron chi connectivity index (χ2n) is 5.46. The van der Waals surface area contributed by atoms with Gasteiger partial charge in [0.15, 0.2) is 0 Å². The third kappa shape index (κ3) is 2.99. The molecule has 112 valence electrons. The van der Waals surface area contributed by atoms with Crippen molar-refractivity contribution >= 4 is 17.6 Å². The highest BCUT2D eigenvalue weighted by Crippen LogP contribution is 2.37. The summed E-state index contributed by atoms with van der Waals surface area (Å²) < 4.78 is 6.95. The smallest absolute Gasteiger partial charge is 0.326 e. The molecule has 20 heavy (non-hydrogen) atoms. The number of rotatable bonds is 5. The van der Waals surface area contributed by atoms with Gasteiger partial charge in [-0.1, -0.05) is 18.0 Å². The van der Waals surface area contributed by atoms with Crippen molar-refractivity contribution < 1.29 is 9.53 Å². The minimum atomic E-state index is -0.831. The number of aromatic nitrogens is 2. The number of aryl methyl sites for hydroxylation is 2. The van der Waals surface area contributed by atoms with E-state index >= 15 is 0 Å². The van der Waals surface area contributed by atoms with E-state index in [-0.39, 0.29) is 11.9 Å². The van der Waals surface area contributed by atoms with E-state index in [1.165, 1.54) is 0 Å². The van der Waals surface area contributed by atoms with Crippen LogP contribution in [-0.2, 0) is 16.1 Å². The highest BCUT2D eigenvalue weighted by molar-refractivity contribution is 6.31. The number of nitrogens with two attached hydrogens (primary N) is 1. The van der Waals surface area contributed by atoms with Crippen LogP contribution >= 0.6 is 11.6 Å². The lowest BCUT2D eigenvalue weighted by Crippen LogP contribution is -2.52. The number of esters is 1. The summed E-state index contributed by atoms with van der Waals surface area (Å²) in [7, 11) is 0. The standard InChI is InChI=1S/C14H22ClN3O2/c1-3-20-13(19)14(16)7-4-5-11(14)6-8-18-9-12(15)10(2)17-18/h9,11H,3-8,16H2,1-2H3. The van der Waals surface area contributed by atoms with E-state index < -0.39 is 5.54 Å². The van der Waals surface area contributed by atoms with E-state index in [4.69, 9.17) is 22.1 Å². The number of carbonyl (C=O) groups excluding carboxylic acids is 1. The van der Waals surface area contributed by atoms with Crippen LogP contribution in [-0.4, -0.2) is 27.9 Å². The summed E-state index contributed by atoms with van der Waals surface area (Å²) in [5.74, 6) is -0.123. The van der Waals surface area contributed by atoms with E-state index in [1.54, 1.807) is 6.92 Å². The summed E-state index contributed by atoms with van der Waals surface area (Å²) in [6.07, 6.45) is 5.26. The second kappa shape index (κ2) is 6.14. The fourth-order valence-corrected chi connectivity index (χ4v) is 3.09. The summed E-state index contributed by atoms with van der Waals surface area (Å²) in [5.41, 5.74) is 6.29. The van der Waals surface area contributed by atoms with E-state index in [0.717, 1.165) is 31.5 Å².